The molecule has 94 valence electrons. The van der Waals surface area contributed by atoms with Crippen LogP contribution in [0.4, 0.5) is 4.39 Å². The molecule has 1 atom stereocenters. The van der Waals surface area contributed by atoms with Gasteiger partial charge in [-0.25, -0.2) is 4.39 Å². The van der Waals surface area contributed by atoms with Gasteiger partial charge in [0.2, 0.25) is 5.91 Å². The first kappa shape index (κ1) is 13.4. The van der Waals surface area contributed by atoms with Crippen molar-refractivity contribution in [1.29, 1.82) is 0 Å². The third kappa shape index (κ3) is 4.40. The van der Waals surface area contributed by atoms with Gasteiger partial charge in [-0.15, -0.1) is 0 Å². The summed E-state index contributed by atoms with van der Waals surface area (Å²) in [6, 6.07) is 3.90. The first-order chi connectivity index (χ1) is 8.00. The largest absolute Gasteiger partial charge is 0.508 e. The van der Waals surface area contributed by atoms with Gasteiger partial charge in [-0.2, -0.15) is 0 Å². The van der Waals surface area contributed by atoms with E-state index in [1.807, 2.05) is 6.92 Å². The second kappa shape index (κ2) is 6.20. The van der Waals surface area contributed by atoms with Crippen LogP contribution in [-0.4, -0.2) is 24.1 Å². The lowest BCUT2D eigenvalue weighted by molar-refractivity contribution is -0.118. The zero-order valence-corrected chi connectivity index (χ0v) is 9.96. The van der Waals surface area contributed by atoms with Crippen molar-refractivity contribution in [2.45, 2.75) is 19.9 Å². The minimum Gasteiger partial charge on any atom is -0.508 e. The highest BCUT2D eigenvalue weighted by atomic mass is 19.1. The topological polar surface area (TPSA) is 61.4 Å². The van der Waals surface area contributed by atoms with Crippen molar-refractivity contribution in [1.82, 2.24) is 10.6 Å². The molecule has 0 radical (unpaired) electrons. The van der Waals surface area contributed by atoms with E-state index < -0.39 is 5.82 Å². The van der Waals surface area contributed by atoms with Gasteiger partial charge in [0.25, 0.3) is 0 Å². The lowest BCUT2D eigenvalue weighted by atomic mass is 10.1. The number of hydrogen-bond acceptors (Lipinski definition) is 3. The third-order valence-corrected chi connectivity index (χ3v) is 2.40. The summed E-state index contributed by atoms with van der Waals surface area (Å²) in [5.41, 5.74) is 0.491. The molecule has 0 fully saturated rings. The molecule has 17 heavy (non-hydrogen) atoms. The molecule has 5 heteroatoms. The minimum absolute atomic E-state index is 0.0864. The molecular weight excluding hydrogens is 223 g/mol. The third-order valence-electron chi connectivity index (χ3n) is 2.40. The molecule has 0 bridgehead atoms. The van der Waals surface area contributed by atoms with Crippen LogP contribution in [0.3, 0.4) is 0 Å². The quantitative estimate of drug-likeness (QED) is 0.680. The standard InChI is InChI=1S/C12H17FN2O2/c1-8(14-5-6-15-9(2)16)11-4-3-10(17)7-12(11)13/h3-4,7-8,14,17H,5-6H2,1-2H3,(H,15,16). The van der Waals surface area contributed by atoms with E-state index in [0.29, 0.717) is 18.7 Å². The number of nitrogens with one attached hydrogen (secondary N) is 2. The smallest absolute Gasteiger partial charge is 0.216 e. The summed E-state index contributed by atoms with van der Waals surface area (Å²) in [5, 5.41) is 14.8. The second-order valence-electron chi connectivity index (χ2n) is 3.86. The maximum absolute atomic E-state index is 13.5. The normalized spacial score (nSPS) is 12.2. The summed E-state index contributed by atoms with van der Waals surface area (Å²) in [6.07, 6.45) is 0. The van der Waals surface area contributed by atoms with Crippen molar-refractivity contribution in [3.8, 4) is 5.75 Å². The number of phenolic OH excluding ortho intramolecular Hbond substituents is 1. The highest BCUT2D eigenvalue weighted by molar-refractivity contribution is 5.72. The molecule has 0 spiro atoms. The average molecular weight is 240 g/mol. The zero-order chi connectivity index (χ0) is 12.8. The molecule has 0 saturated carbocycles. The summed E-state index contributed by atoms with van der Waals surface area (Å²) in [4.78, 5) is 10.6. The summed E-state index contributed by atoms with van der Waals surface area (Å²) < 4.78 is 13.5. The van der Waals surface area contributed by atoms with E-state index in [4.69, 9.17) is 5.11 Å². The molecule has 0 aliphatic heterocycles. The van der Waals surface area contributed by atoms with Crippen molar-refractivity contribution >= 4 is 5.91 Å². The first-order valence-electron chi connectivity index (χ1n) is 5.47. The molecule has 1 amide bonds. The van der Waals surface area contributed by atoms with Gasteiger partial charge in [-0.3, -0.25) is 4.79 Å². The van der Waals surface area contributed by atoms with Crippen molar-refractivity contribution in [2.75, 3.05) is 13.1 Å². The maximum Gasteiger partial charge on any atom is 0.216 e. The number of carbonyl (C=O) groups excluding carboxylic acids is 1. The number of rotatable bonds is 5. The van der Waals surface area contributed by atoms with Gasteiger partial charge in [-0.1, -0.05) is 6.07 Å². The van der Waals surface area contributed by atoms with E-state index >= 15 is 0 Å². The summed E-state index contributed by atoms with van der Waals surface area (Å²) in [7, 11) is 0. The fourth-order valence-corrected chi connectivity index (χ4v) is 1.50. The Balaban J connectivity index is 2.46. The number of phenols is 1. The monoisotopic (exact) mass is 240 g/mol. The lowest BCUT2D eigenvalue weighted by Gasteiger charge is -2.15. The number of amides is 1. The Hall–Kier alpha value is -1.62. The van der Waals surface area contributed by atoms with E-state index in [1.54, 1.807) is 6.07 Å². The highest BCUT2D eigenvalue weighted by Crippen LogP contribution is 2.20. The highest BCUT2D eigenvalue weighted by Gasteiger charge is 2.10. The molecule has 3 N–H and O–H groups in total. The van der Waals surface area contributed by atoms with Gasteiger partial charge in [0.05, 0.1) is 0 Å². The van der Waals surface area contributed by atoms with Crippen LogP contribution in [0.25, 0.3) is 0 Å². The van der Waals surface area contributed by atoms with Crippen LogP contribution in [0.15, 0.2) is 18.2 Å². The Labute approximate surface area is 99.8 Å². The van der Waals surface area contributed by atoms with E-state index in [-0.39, 0.29) is 17.7 Å². The molecule has 0 heterocycles. The van der Waals surface area contributed by atoms with Crippen LogP contribution in [0.5, 0.6) is 5.75 Å². The van der Waals surface area contributed by atoms with Gasteiger partial charge >= 0.3 is 0 Å². The molecular formula is C12H17FN2O2. The molecule has 1 rings (SSSR count). The first-order valence-corrected chi connectivity index (χ1v) is 5.47. The van der Waals surface area contributed by atoms with Crippen LogP contribution in [-0.2, 0) is 4.79 Å². The molecule has 1 aromatic rings. The number of halogens is 1. The molecule has 0 saturated heterocycles. The SMILES string of the molecule is CC(=O)NCCNC(C)c1ccc(O)cc1F. The van der Waals surface area contributed by atoms with Crippen molar-refractivity contribution < 1.29 is 14.3 Å². The predicted molar refractivity (Wildman–Crippen MR) is 63.2 cm³/mol. The minimum atomic E-state index is -0.440. The summed E-state index contributed by atoms with van der Waals surface area (Å²) in [5.74, 6) is -0.614. The van der Waals surface area contributed by atoms with Gasteiger partial charge in [-0.05, 0) is 13.0 Å². The average Bonchev–Trinajstić information content (AvgIpc) is 2.23. The van der Waals surface area contributed by atoms with Gasteiger partial charge < -0.3 is 15.7 Å². The fraction of sp³-hybridized carbons (Fsp3) is 0.417. The van der Waals surface area contributed by atoms with E-state index in [9.17, 15) is 9.18 Å². The fourth-order valence-electron chi connectivity index (χ4n) is 1.50. The molecule has 0 aromatic heterocycles. The van der Waals surface area contributed by atoms with E-state index in [1.165, 1.54) is 13.0 Å². The number of benzene rings is 1. The van der Waals surface area contributed by atoms with Gasteiger partial charge in [0.1, 0.15) is 11.6 Å². The Kier molecular flexibility index (Phi) is 4.90. The van der Waals surface area contributed by atoms with Gasteiger partial charge in [0, 0.05) is 37.7 Å². The molecule has 4 nitrogen and oxygen atoms in total. The Morgan fingerprint density at radius 2 is 2.18 bits per heavy atom. The molecule has 0 aliphatic carbocycles. The Morgan fingerprint density at radius 3 is 2.76 bits per heavy atom. The van der Waals surface area contributed by atoms with Crippen LogP contribution in [0, 0.1) is 5.82 Å². The molecule has 1 aromatic carbocycles. The van der Waals surface area contributed by atoms with Gasteiger partial charge in [0.15, 0.2) is 0 Å². The van der Waals surface area contributed by atoms with Crippen molar-refractivity contribution in [3.63, 3.8) is 0 Å². The van der Waals surface area contributed by atoms with Crippen LogP contribution >= 0.6 is 0 Å². The predicted octanol–water partition coefficient (Wildman–Crippen LogP) is 1.32. The van der Waals surface area contributed by atoms with Crippen LogP contribution in [0.2, 0.25) is 0 Å². The number of carbonyl (C=O) groups is 1. The summed E-state index contributed by atoms with van der Waals surface area (Å²) in [6.45, 7) is 4.33. The van der Waals surface area contributed by atoms with Crippen LogP contribution in [0.1, 0.15) is 25.5 Å². The molecule has 1 unspecified atom stereocenters. The van der Waals surface area contributed by atoms with E-state index in [0.717, 1.165) is 6.07 Å². The zero-order valence-electron chi connectivity index (χ0n) is 9.96. The Bertz CT molecular complexity index is 396. The summed E-state index contributed by atoms with van der Waals surface area (Å²) >= 11 is 0. The second-order valence-corrected chi connectivity index (χ2v) is 3.86. The van der Waals surface area contributed by atoms with Crippen LogP contribution < -0.4 is 10.6 Å². The number of hydrogen-bond donors (Lipinski definition) is 3. The molecule has 0 aliphatic rings. The number of aromatic hydroxyl groups is 1. The maximum atomic E-state index is 13.5. The lowest BCUT2D eigenvalue weighted by Crippen LogP contribution is -2.31. The van der Waals surface area contributed by atoms with Crippen molar-refractivity contribution in [3.05, 3.63) is 29.6 Å². The van der Waals surface area contributed by atoms with E-state index in [2.05, 4.69) is 10.6 Å². The van der Waals surface area contributed by atoms with Crippen molar-refractivity contribution in [2.24, 2.45) is 0 Å². The Morgan fingerprint density at radius 1 is 1.47 bits per heavy atom.